The van der Waals surface area contributed by atoms with Crippen LogP contribution in [0.2, 0.25) is 0 Å². The van der Waals surface area contributed by atoms with E-state index in [0.29, 0.717) is 12.8 Å². The Kier molecular flexibility index (Phi) is 34.5. The second-order valence-electron chi connectivity index (χ2n) is 12.6. The zero-order valence-corrected chi connectivity index (χ0v) is 29.2. The molecular weight excluding hydrogens is 548 g/mol. The monoisotopic (exact) mass is 621 g/mol. The summed E-state index contributed by atoms with van der Waals surface area (Å²) >= 11 is 0. The van der Waals surface area contributed by atoms with E-state index in [1.165, 1.54) is 128 Å². The Labute approximate surface area is 273 Å². The molecule has 5 heteroatoms. The molecule has 0 unspecified atom stereocenters. The van der Waals surface area contributed by atoms with Gasteiger partial charge >= 0.3 is 11.9 Å². The molecule has 0 bridgehead atoms. The normalized spacial score (nSPS) is 12.3. The molecule has 258 valence electrons. The third-order valence-electron chi connectivity index (χ3n) is 8.22. The van der Waals surface area contributed by atoms with Crippen molar-refractivity contribution >= 4 is 11.9 Å². The average molecular weight is 621 g/mol. The van der Waals surface area contributed by atoms with Crippen molar-refractivity contribution in [1.82, 2.24) is 0 Å². The molecule has 0 amide bonds. The Morgan fingerprint density at radius 3 is 1.23 bits per heavy atom. The molecule has 0 heterocycles. The standard InChI is InChI=1S/C39H72O5/c1-3-5-7-9-11-13-15-17-19-21-23-25-27-29-31-33-38(41)43-36-37(35-40)44-39(42)34-32-30-28-26-24-22-20-18-16-14-12-10-8-6-4-2/h13-16,37,40H,3-12,17-36H2,1-2H3/t37-/m0/s1. The van der Waals surface area contributed by atoms with Gasteiger partial charge in [-0.15, -0.1) is 0 Å². The molecule has 0 radical (unpaired) electrons. The van der Waals surface area contributed by atoms with E-state index < -0.39 is 6.10 Å². The van der Waals surface area contributed by atoms with E-state index in [4.69, 9.17) is 9.47 Å². The van der Waals surface area contributed by atoms with Crippen LogP contribution in [0.1, 0.15) is 194 Å². The number of ether oxygens (including phenoxy) is 2. The lowest BCUT2D eigenvalue weighted by atomic mass is 10.1. The Balaban J connectivity index is 3.56. The second-order valence-corrected chi connectivity index (χ2v) is 12.6. The highest BCUT2D eigenvalue weighted by Crippen LogP contribution is 2.13. The molecule has 0 aliphatic carbocycles. The number of carbonyl (C=O) groups excluding carboxylic acids is 2. The van der Waals surface area contributed by atoms with Crippen LogP contribution in [-0.4, -0.2) is 36.4 Å². The summed E-state index contributed by atoms with van der Waals surface area (Å²) in [5.74, 6) is -0.598. The van der Waals surface area contributed by atoms with Crippen molar-refractivity contribution in [3.63, 3.8) is 0 Å². The zero-order valence-electron chi connectivity index (χ0n) is 29.2. The molecule has 0 rings (SSSR count). The molecular formula is C39H72O5. The van der Waals surface area contributed by atoms with E-state index in [-0.39, 0.29) is 25.2 Å². The van der Waals surface area contributed by atoms with Crippen LogP contribution in [0.25, 0.3) is 0 Å². The van der Waals surface area contributed by atoms with Crippen LogP contribution in [0.15, 0.2) is 24.3 Å². The molecule has 0 aliphatic heterocycles. The number of esters is 2. The number of unbranched alkanes of at least 4 members (excludes halogenated alkanes) is 22. The first kappa shape index (κ1) is 42.4. The predicted molar refractivity (Wildman–Crippen MR) is 187 cm³/mol. The predicted octanol–water partition coefficient (Wildman–Crippen LogP) is 11.5. The summed E-state index contributed by atoms with van der Waals surface area (Å²) in [7, 11) is 0. The van der Waals surface area contributed by atoms with Crippen LogP contribution in [0.3, 0.4) is 0 Å². The molecule has 1 atom stereocenters. The molecule has 0 saturated heterocycles. The largest absolute Gasteiger partial charge is 0.462 e. The molecule has 0 aliphatic rings. The molecule has 0 spiro atoms. The molecule has 0 saturated carbocycles. The van der Waals surface area contributed by atoms with Crippen molar-refractivity contribution in [3.05, 3.63) is 24.3 Å². The van der Waals surface area contributed by atoms with Crippen LogP contribution < -0.4 is 0 Å². The van der Waals surface area contributed by atoms with E-state index >= 15 is 0 Å². The van der Waals surface area contributed by atoms with Crippen LogP contribution >= 0.6 is 0 Å². The smallest absolute Gasteiger partial charge is 0.306 e. The van der Waals surface area contributed by atoms with Crippen molar-refractivity contribution in [3.8, 4) is 0 Å². The third-order valence-corrected chi connectivity index (χ3v) is 8.22. The number of hydrogen-bond acceptors (Lipinski definition) is 5. The van der Waals surface area contributed by atoms with Gasteiger partial charge in [-0.05, 0) is 64.2 Å². The summed E-state index contributed by atoms with van der Waals surface area (Å²) in [5.41, 5.74) is 0. The molecule has 5 nitrogen and oxygen atoms in total. The fourth-order valence-electron chi connectivity index (χ4n) is 5.31. The summed E-state index contributed by atoms with van der Waals surface area (Å²) in [5, 5.41) is 9.53. The van der Waals surface area contributed by atoms with Crippen LogP contribution in [0, 0.1) is 0 Å². The zero-order chi connectivity index (χ0) is 32.2. The minimum absolute atomic E-state index is 0.0672. The lowest BCUT2D eigenvalue weighted by molar-refractivity contribution is -0.161. The summed E-state index contributed by atoms with van der Waals surface area (Å²) in [6.07, 6.45) is 40.9. The molecule has 1 N–H and O–H groups in total. The van der Waals surface area contributed by atoms with Crippen molar-refractivity contribution in [2.24, 2.45) is 0 Å². The van der Waals surface area contributed by atoms with Gasteiger partial charge in [-0.25, -0.2) is 0 Å². The first-order valence-corrected chi connectivity index (χ1v) is 18.9. The minimum atomic E-state index is -0.771. The summed E-state index contributed by atoms with van der Waals surface area (Å²) in [4.78, 5) is 24.2. The van der Waals surface area contributed by atoms with Crippen molar-refractivity contribution < 1.29 is 24.2 Å². The minimum Gasteiger partial charge on any atom is -0.462 e. The summed E-state index contributed by atoms with van der Waals surface area (Å²) in [6, 6.07) is 0. The fourth-order valence-corrected chi connectivity index (χ4v) is 5.31. The number of hydrogen-bond donors (Lipinski definition) is 1. The van der Waals surface area contributed by atoms with Gasteiger partial charge in [-0.1, -0.05) is 141 Å². The van der Waals surface area contributed by atoms with Gasteiger partial charge in [-0.3, -0.25) is 9.59 Å². The summed E-state index contributed by atoms with van der Waals surface area (Å²) in [6.45, 7) is 4.10. The Bertz CT molecular complexity index is 671. The first-order valence-electron chi connectivity index (χ1n) is 18.9. The van der Waals surface area contributed by atoms with E-state index in [2.05, 4.69) is 38.2 Å². The third kappa shape index (κ3) is 33.3. The maximum absolute atomic E-state index is 12.1. The van der Waals surface area contributed by atoms with Gasteiger partial charge in [0.1, 0.15) is 6.61 Å². The van der Waals surface area contributed by atoms with Gasteiger partial charge in [0.25, 0.3) is 0 Å². The van der Waals surface area contributed by atoms with E-state index in [1.807, 2.05) is 0 Å². The average Bonchev–Trinajstić information content (AvgIpc) is 3.02. The topological polar surface area (TPSA) is 72.8 Å². The number of allylic oxidation sites excluding steroid dienone is 4. The van der Waals surface area contributed by atoms with Crippen LogP contribution in [0.5, 0.6) is 0 Å². The number of rotatable bonds is 34. The molecule has 0 aromatic carbocycles. The number of aliphatic hydroxyl groups excluding tert-OH is 1. The maximum atomic E-state index is 12.1. The molecule has 44 heavy (non-hydrogen) atoms. The lowest BCUT2D eigenvalue weighted by Crippen LogP contribution is -2.28. The molecule has 0 aromatic heterocycles. The first-order chi connectivity index (χ1) is 21.6. The van der Waals surface area contributed by atoms with Crippen molar-refractivity contribution in [1.29, 1.82) is 0 Å². The highest BCUT2D eigenvalue weighted by atomic mass is 16.6. The van der Waals surface area contributed by atoms with Crippen LogP contribution in [-0.2, 0) is 19.1 Å². The van der Waals surface area contributed by atoms with E-state index in [0.717, 1.165) is 38.5 Å². The van der Waals surface area contributed by atoms with Crippen molar-refractivity contribution in [2.45, 2.75) is 200 Å². The van der Waals surface area contributed by atoms with Gasteiger partial charge in [0.2, 0.25) is 0 Å². The highest BCUT2D eigenvalue weighted by Gasteiger charge is 2.16. The van der Waals surface area contributed by atoms with E-state index in [1.54, 1.807) is 0 Å². The number of carbonyl (C=O) groups is 2. The van der Waals surface area contributed by atoms with Gasteiger partial charge in [-0.2, -0.15) is 0 Å². The molecule has 0 fully saturated rings. The van der Waals surface area contributed by atoms with Crippen LogP contribution in [0.4, 0.5) is 0 Å². The second kappa shape index (κ2) is 35.9. The fraction of sp³-hybridized carbons (Fsp3) is 0.846. The Morgan fingerprint density at radius 1 is 0.500 bits per heavy atom. The SMILES string of the molecule is CCCCCCC=CCCCCCCCCCC(=O)OC[C@H](CO)OC(=O)CCCCCCCCCC=CCCCCCC. The Morgan fingerprint density at radius 2 is 0.841 bits per heavy atom. The molecule has 0 aromatic rings. The maximum Gasteiger partial charge on any atom is 0.306 e. The lowest BCUT2D eigenvalue weighted by Gasteiger charge is -2.15. The van der Waals surface area contributed by atoms with E-state index in [9.17, 15) is 14.7 Å². The van der Waals surface area contributed by atoms with Gasteiger partial charge in [0, 0.05) is 12.8 Å². The number of aliphatic hydroxyl groups is 1. The van der Waals surface area contributed by atoms with Crippen molar-refractivity contribution in [2.75, 3.05) is 13.2 Å². The van der Waals surface area contributed by atoms with Gasteiger partial charge in [0.15, 0.2) is 6.10 Å². The quantitative estimate of drug-likeness (QED) is 0.0440. The van der Waals surface area contributed by atoms with Gasteiger partial charge < -0.3 is 14.6 Å². The highest BCUT2D eigenvalue weighted by molar-refractivity contribution is 5.70. The summed E-state index contributed by atoms with van der Waals surface area (Å²) < 4.78 is 10.6. The van der Waals surface area contributed by atoms with Gasteiger partial charge in [0.05, 0.1) is 6.61 Å². The Hall–Kier alpha value is -1.62.